The third kappa shape index (κ3) is 3.92. The fourth-order valence-electron chi connectivity index (χ4n) is 3.84. The number of hydrogen-bond donors (Lipinski definition) is 2. The van der Waals surface area contributed by atoms with Gasteiger partial charge in [0.05, 0.1) is 11.0 Å². The Balaban J connectivity index is 1.38. The number of amides is 1. The van der Waals surface area contributed by atoms with Gasteiger partial charge in [-0.1, -0.05) is 6.07 Å². The van der Waals surface area contributed by atoms with Gasteiger partial charge in [-0.15, -0.1) is 0 Å². The number of pyridine rings is 1. The molecule has 0 saturated heterocycles. The summed E-state index contributed by atoms with van der Waals surface area (Å²) in [4.78, 5) is 33.0. The van der Waals surface area contributed by atoms with Crippen LogP contribution in [0.3, 0.4) is 0 Å². The van der Waals surface area contributed by atoms with Gasteiger partial charge in [-0.3, -0.25) is 9.36 Å². The predicted molar refractivity (Wildman–Crippen MR) is 110 cm³/mol. The monoisotopic (exact) mass is 415 g/mol. The number of aryl methyl sites for hydroxylation is 1. The van der Waals surface area contributed by atoms with Gasteiger partial charge in [-0.25, -0.2) is 18.6 Å². The number of carbonyl (C=O) groups is 1. The minimum atomic E-state index is -2.60. The Hall–Kier alpha value is -3.23. The molecule has 2 N–H and O–H groups in total. The zero-order chi connectivity index (χ0) is 21.5. The second kappa shape index (κ2) is 7.55. The molecule has 1 aliphatic carbocycles. The molecule has 2 aromatic heterocycles. The first kappa shape index (κ1) is 20.1. The summed E-state index contributed by atoms with van der Waals surface area (Å²) < 4.78 is 28.4. The quantitative estimate of drug-likeness (QED) is 0.671. The molecule has 2 heterocycles. The third-order valence-corrected chi connectivity index (χ3v) is 5.72. The van der Waals surface area contributed by atoms with Crippen molar-refractivity contribution in [3.8, 4) is 0 Å². The van der Waals surface area contributed by atoms with Crippen LogP contribution in [0.5, 0.6) is 0 Å². The lowest BCUT2D eigenvalue weighted by atomic mass is 10.1. The first-order valence-electron chi connectivity index (χ1n) is 9.76. The number of H-pyrrole nitrogens is 1. The van der Waals surface area contributed by atoms with Crippen molar-refractivity contribution in [2.75, 3.05) is 11.9 Å². The second-order valence-electron chi connectivity index (χ2n) is 7.79. The summed E-state index contributed by atoms with van der Waals surface area (Å²) in [5.74, 6) is -2.24. The first-order valence-corrected chi connectivity index (χ1v) is 9.76. The molecule has 0 spiro atoms. The topological polar surface area (TPSA) is 83.0 Å². The van der Waals surface area contributed by atoms with Crippen LogP contribution in [0.15, 0.2) is 41.3 Å². The van der Waals surface area contributed by atoms with Crippen molar-refractivity contribution in [2.45, 2.75) is 37.8 Å². The minimum absolute atomic E-state index is 0.0885. The second-order valence-corrected chi connectivity index (χ2v) is 7.79. The van der Waals surface area contributed by atoms with Gasteiger partial charge in [0.15, 0.2) is 0 Å². The van der Waals surface area contributed by atoms with E-state index in [9.17, 15) is 18.4 Å². The molecule has 0 radical (unpaired) electrons. The standard InChI is InChI=1S/C21H23F2N5O2/c1-27(15-7-8-21(22,23)10-15)18-6-3-13(11-24-18)12-25-19(29)14-4-5-17-16(9-14)26-20(30)28(17)2/h3-6,9,11,15H,7-8,10,12H2,1-2H3,(H,25,29)(H,26,30)/t15-/m0/s1. The smallest absolute Gasteiger partial charge is 0.326 e. The van der Waals surface area contributed by atoms with Crippen LogP contribution in [0, 0.1) is 0 Å². The number of anilines is 1. The Labute approximate surface area is 171 Å². The Morgan fingerprint density at radius 2 is 2.17 bits per heavy atom. The van der Waals surface area contributed by atoms with E-state index in [1.54, 1.807) is 49.5 Å². The molecule has 158 valence electrons. The number of imidazole rings is 1. The van der Waals surface area contributed by atoms with Crippen molar-refractivity contribution in [1.82, 2.24) is 19.9 Å². The molecule has 0 unspecified atom stereocenters. The molecule has 1 aromatic carbocycles. The SMILES string of the molecule is CN(c1ccc(CNC(=O)c2ccc3c(c2)[nH]c(=O)n3C)cn1)[C@H]1CCC(F)(F)C1. The van der Waals surface area contributed by atoms with Crippen molar-refractivity contribution in [3.63, 3.8) is 0 Å². The average molecular weight is 415 g/mol. The van der Waals surface area contributed by atoms with E-state index >= 15 is 0 Å². The highest BCUT2D eigenvalue weighted by atomic mass is 19.3. The summed E-state index contributed by atoms with van der Waals surface area (Å²) in [6.07, 6.45) is 1.84. The van der Waals surface area contributed by atoms with E-state index in [2.05, 4.69) is 15.3 Å². The third-order valence-electron chi connectivity index (χ3n) is 5.72. The van der Waals surface area contributed by atoms with E-state index in [1.165, 1.54) is 4.57 Å². The normalized spacial score (nSPS) is 17.9. The van der Waals surface area contributed by atoms with E-state index in [0.717, 1.165) is 11.1 Å². The van der Waals surface area contributed by atoms with Gasteiger partial charge < -0.3 is 15.2 Å². The molecule has 3 aromatic rings. The van der Waals surface area contributed by atoms with E-state index < -0.39 is 5.92 Å². The van der Waals surface area contributed by atoms with Gasteiger partial charge >= 0.3 is 5.69 Å². The molecule has 4 rings (SSSR count). The van der Waals surface area contributed by atoms with Crippen LogP contribution in [0.4, 0.5) is 14.6 Å². The van der Waals surface area contributed by atoms with Crippen LogP contribution < -0.4 is 15.9 Å². The molecule has 1 amide bonds. The van der Waals surface area contributed by atoms with Gasteiger partial charge in [0.2, 0.25) is 5.92 Å². The first-order chi connectivity index (χ1) is 14.2. The van der Waals surface area contributed by atoms with Gasteiger partial charge in [-0.05, 0) is 36.2 Å². The van der Waals surface area contributed by atoms with Crippen LogP contribution in [0.1, 0.15) is 35.2 Å². The van der Waals surface area contributed by atoms with Crippen molar-refractivity contribution in [3.05, 3.63) is 58.1 Å². The minimum Gasteiger partial charge on any atom is -0.356 e. The van der Waals surface area contributed by atoms with E-state index in [0.29, 0.717) is 23.3 Å². The van der Waals surface area contributed by atoms with Crippen molar-refractivity contribution < 1.29 is 13.6 Å². The largest absolute Gasteiger partial charge is 0.356 e. The van der Waals surface area contributed by atoms with Crippen LogP contribution in [-0.4, -0.2) is 39.5 Å². The fourth-order valence-corrected chi connectivity index (χ4v) is 3.84. The van der Waals surface area contributed by atoms with Crippen molar-refractivity contribution in [1.29, 1.82) is 0 Å². The maximum absolute atomic E-state index is 13.5. The molecule has 1 saturated carbocycles. The average Bonchev–Trinajstić information content (AvgIpc) is 3.24. The van der Waals surface area contributed by atoms with Gasteiger partial charge in [0.1, 0.15) is 5.82 Å². The van der Waals surface area contributed by atoms with Crippen LogP contribution in [0.2, 0.25) is 0 Å². The highest BCUT2D eigenvalue weighted by molar-refractivity contribution is 5.97. The summed E-state index contributed by atoms with van der Waals surface area (Å²) in [7, 11) is 3.44. The molecular formula is C21H23F2N5O2. The zero-order valence-corrected chi connectivity index (χ0v) is 16.8. The number of aromatic amines is 1. The number of fused-ring (bicyclic) bond motifs is 1. The Kier molecular flexibility index (Phi) is 5.05. The number of alkyl halides is 2. The van der Waals surface area contributed by atoms with Crippen LogP contribution in [0.25, 0.3) is 11.0 Å². The molecule has 1 atom stereocenters. The Morgan fingerprint density at radius 1 is 1.37 bits per heavy atom. The number of halogens is 2. The molecule has 30 heavy (non-hydrogen) atoms. The van der Waals surface area contributed by atoms with Crippen LogP contribution >= 0.6 is 0 Å². The fraction of sp³-hybridized carbons (Fsp3) is 0.381. The number of carbonyl (C=O) groups excluding carboxylic acids is 1. The van der Waals surface area contributed by atoms with E-state index in [1.807, 2.05) is 6.07 Å². The molecule has 9 heteroatoms. The molecule has 7 nitrogen and oxygen atoms in total. The maximum atomic E-state index is 13.5. The number of benzene rings is 1. The number of rotatable bonds is 5. The van der Waals surface area contributed by atoms with Crippen molar-refractivity contribution in [2.24, 2.45) is 7.05 Å². The predicted octanol–water partition coefficient (Wildman–Crippen LogP) is 2.82. The maximum Gasteiger partial charge on any atom is 0.326 e. The summed E-state index contributed by atoms with van der Waals surface area (Å²) >= 11 is 0. The highest BCUT2D eigenvalue weighted by Crippen LogP contribution is 2.37. The molecule has 1 aliphatic rings. The number of hydrogen-bond acceptors (Lipinski definition) is 4. The van der Waals surface area contributed by atoms with Crippen LogP contribution in [-0.2, 0) is 13.6 Å². The highest BCUT2D eigenvalue weighted by Gasteiger charge is 2.41. The number of aromatic nitrogens is 3. The molecule has 1 fully saturated rings. The van der Waals surface area contributed by atoms with Gasteiger partial charge in [0.25, 0.3) is 5.91 Å². The number of nitrogens with one attached hydrogen (secondary N) is 2. The summed E-state index contributed by atoms with van der Waals surface area (Å²) in [6.45, 7) is 0.278. The van der Waals surface area contributed by atoms with Gasteiger partial charge in [0, 0.05) is 51.3 Å². The molecule has 0 aliphatic heterocycles. The summed E-state index contributed by atoms with van der Waals surface area (Å²) in [5.41, 5.74) is 2.32. The summed E-state index contributed by atoms with van der Waals surface area (Å²) in [6, 6.07) is 8.40. The zero-order valence-electron chi connectivity index (χ0n) is 16.8. The number of nitrogens with zero attached hydrogens (tertiary/aromatic N) is 3. The lowest BCUT2D eigenvalue weighted by Crippen LogP contribution is -2.31. The Bertz CT molecular complexity index is 1140. The van der Waals surface area contributed by atoms with E-state index in [-0.39, 0.29) is 37.0 Å². The lowest BCUT2D eigenvalue weighted by Gasteiger charge is -2.25. The Morgan fingerprint density at radius 3 is 2.83 bits per heavy atom. The van der Waals surface area contributed by atoms with E-state index in [4.69, 9.17) is 0 Å². The summed E-state index contributed by atoms with van der Waals surface area (Å²) in [5, 5.41) is 2.83. The van der Waals surface area contributed by atoms with Crippen molar-refractivity contribution >= 4 is 22.8 Å². The molecular weight excluding hydrogens is 392 g/mol. The lowest BCUT2D eigenvalue weighted by molar-refractivity contribution is 0.00785. The van der Waals surface area contributed by atoms with Gasteiger partial charge in [-0.2, -0.15) is 0 Å². The molecule has 0 bridgehead atoms.